The molecule has 2 aliphatic carbocycles. The van der Waals surface area contributed by atoms with E-state index in [1.165, 1.54) is 5.56 Å². The molecule has 1 saturated heterocycles. The molecule has 3 aliphatic rings. The van der Waals surface area contributed by atoms with Gasteiger partial charge >= 0.3 is 0 Å². The highest BCUT2D eigenvalue weighted by Crippen LogP contribution is 2.57. The van der Waals surface area contributed by atoms with Crippen LogP contribution in [0.15, 0.2) is 36.5 Å². The number of hydrogen-bond donors (Lipinski definition) is 2. The summed E-state index contributed by atoms with van der Waals surface area (Å²) in [6.07, 6.45) is 6.61. The Kier molecular flexibility index (Phi) is 8.27. The van der Waals surface area contributed by atoms with Crippen LogP contribution >= 0.6 is 0 Å². The number of ketones is 2. The molecule has 2 N–H and O–H groups in total. The van der Waals surface area contributed by atoms with Crippen LogP contribution in [-0.4, -0.2) is 65.8 Å². The Morgan fingerprint density at radius 3 is 2.77 bits per heavy atom. The number of fused-ring (bicyclic) bond motifs is 1. The summed E-state index contributed by atoms with van der Waals surface area (Å²) in [6.45, 7) is 11.2. The van der Waals surface area contributed by atoms with Crippen LogP contribution in [0.4, 0.5) is 11.5 Å². The maximum atomic E-state index is 13.8. The van der Waals surface area contributed by atoms with Gasteiger partial charge in [-0.2, -0.15) is 0 Å². The van der Waals surface area contributed by atoms with Crippen LogP contribution in [0.2, 0.25) is 0 Å². The average molecular weight is 533 g/mol. The Morgan fingerprint density at radius 2 is 2.00 bits per heavy atom. The van der Waals surface area contributed by atoms with Crippen molar-refractivity contribution in [2.45, 2.75) is 59.3 Å². The maximum Gasteiger partial charge on any atom is 0.152 e. The number of piperazine rings is 1. The number of carbonyl (C=O) groups excluding carboxylic acids is 2. The number of rotatable bonds is 9. The average Bonchev–Trinajstić information content (AvgIpc) is 3.27. The third kappa shape index (κ3) is 5.98. The fourth-order valence-corrected chi connectivity index (χ4v) is 7.71. The van der Waals surface area contributed by atoms with Gasteiger partial charge in [-0.15, -0.1) is 0 Å². The zero-order chi connectivity index (χ0) is 27.6. The number of pyridine rings is 1. The summed E-state index contributed by atoms with van der Waals surface area (Å²) in [5.41, 5.74) is 3.29. The first-order chi connectivity index (χ1) is 18.8. The van der Waals surface area contributed by atoms with Crippen LogP contribution in [0.5, 0.6) is 5.75 Å². The molecular formula is C32H44N4O3. The highest BCUT2D eigenvalue weighted by atomic mass is 16.3. The molecule has 2 aromatic rings. The van der Waals surface area contributed by atoms with Gasteiger partial charge in [0.2, 0.25) is 0 Å². The minimum Gasteiger partial charge on any atom is -0.508 e. The summed E-state index contributed by atoms with van der Waals surface area (Å²) in [7, 11) is 0. The van der Waals surface area contributed by atoms with E-state index in [2.05, 4.69) is 46.9 Å². The molecule has 7 nitrogen and oxygen atoms in total. The van der Waals surface area contributed by atoms with Crippen molar-refractivity contribution < 1.29 is 14.7 Å². The Morgan fingerprint density at radius 1 is 1.21 bits per heavy atom. The van der Waals surface area contributed by atoms with E-state index < -0.39 is 0 Å². The topological polar surface area (TPSA) is 85.8 Å². The van der Waals surface area contributed by atoms with E-state index >= 15 is 0 Å². The summed E-state index contributed by atoms with van der Waals surface area (Å²) in [5, 5.41) is 13.4. The van der Waals surface area contributed by atoms with Crippen molar-refractivity contribution >= 4 is 23.1 Å². The van der Waals surface area contributed by atoms with Gasteiger partial charge in [0.15, 0.2) is 5.82 Å². The highest BCUT2D eigenvalue weighted by molar-refractivity contribution is 5.85. The number of phenolic OH excluding ortho intramolecular Hbond substituents is 1. The lowest BCUT2D eigenvalue weighted by atomic mass is 9.60. The van der Waals surface area contributed by atoms with Crippen LogP contribution in [0.3, 0.4) is 0 Å². The molecule has 39 heavy (non-hydrogen) atoms. The first-order valence-corrected chi connectivity index (χ1v) is 14.8. The number of hydrogen-bond acceptors (Lipinski definition) is 7. The van der Waals surface area contributed by atoms with Crippen LogP contribution < -0.4 is 10.2 Å². The van der Waals surface area contributed by atoms with Crippen LogP contribution in [0.25, 0.3) is 0 Å². The minimum atomic E-state index is -0.0748. The molecule has 4 unspecified atom stereocenters. The van der Waals surface area contributed by atoms with E-state index in [1.807, 2.05) is 24.4 Å². The van der Waals surface area contributed by atoms with Crippen molar-refractivity contribution in [3.63, 3.8) is 0 Å². The van der Waals surface area contributed by atoms with Gasteiger partial charge in [-0.05, 0) is 92.2 Å². The molecule has 7 heteroatoms. The lowest BCUT2D eigenvalue weighted by Gasteiger charge is -2.44. The van der Waals surface area contributed by atoms with E-state index in [1.54, 1.807) is 6.07 Å². The number of phenols is 1. The fourth-order valence-electron chi connectivity index (χ4n) is 7.71. The molecular weight excluding hydrogens is 488 g/mol. The Bertz CT molecular complexity index is 1190. The molecule has 1 aliphatic heterocycles. The predicted molar refractivity (Wildman–Crippen MR) is 155 cm³/mol. The highest BCUT2D eigenvalue weighted by Gasteiger charge is 2.54. The number of aromatic hydroxyl groups is 1. The minimum absolute atomic E-state index is 0.0348. The number of nitrogens with one attached hydrogen (secondary N) is 1. The maximum absolute atomic E-state index is 13.8. The molecule has 1 aromatic heterocycles. The second-order valence-corrected chi connectivity index (χ2v) is 12.3. The van der Waals surface area contributed by atoms with Gasteiger partial charge in [-0.25, -0.2) is 4.98 Å². The molecule has 2 heterocycles. The van der Waals surface area contributed by atoms with Gasteiger partial charge in [0.05, 0.1) is 12.2 Å². The standard InChI is InChI=1S/C32H44N4O3/c1-4-33-28-6-5-13-34-31(28)36-16-14-35(15-17-36)21-29(39)27-11-12-32(3)20-26(38)19-24(30(27)32)9-8-23-18-25(37)10-7-22(23)2/h5-7,10,13,18,24,27,30,33,37H,4,8-9,11-12,14-17,19-21H2,1-3H3. The number of nitrogens with zero attached hydrogens (tertiary/aromatic N) is 3. The molecule has 4 atom stereocenters. The lowest BCUT2D eigenvalue weighted by molar-refractivity contribution is -0.134. The predicted octanol–water partition coefficient (Wildman–Crippen LogP) is 4.86. The number of carbonyl (C=O) groups is 2. The Balaban J connectivity index is 1.23. The molecule has 210 valence electrons. The number of anilines is 2. The second-order valence-electron chi connectivity index (χ2n) is 12.3. The first kappa shape index (κ1) is 27.6. The van der Waals surface area contributed by atoms with Crippen LogP contribution in [0, 0.1) is 30.1 Å². The van der Waals surface area contributed by atoms with Crippen LogP contribution in [0.1, 0.15) is 57.1 Å². The van der Waals surface area contributed by atoms with Gasteiger partial charge in [0.1, 0.15) is 17.3 Å². The smallest absolute Gasteiger partial charge is 0.152 e. The summed E-state index contributed by atoms with van der Waals surface area (Å²) in [4.78, 5) is 35.9. The SMILES string of the molecule is CCNc1cccnc1N1CCN(CC(=O)C2CCC3(C)CC(=O)CC(CCc4cc(O)ccc4C)C23)CC1. The lowest BCUT2D eigenvalue weighted by Crippen LogP contribution is -2.50. The van der Waals surface area contributed by atoms with E-state index in [0.29, 0.717) is 31.0 Å². The summed E-state index contributed by atoms with van der Waals surface area (Å²) < 4.78 is 0. The van der Waals surface area contributed by atoms with Gasteiger partial charge in [-0.3, -0.25) is 14.5 Å². The summed E-state index contributed by atoms with van der Waals surface area (Å²) in [6, 6.07) is 9.57. The largest absolute Gasteiger partial charge is 0.508 e. The third-order valence-corrected chi connectivity index (χ3v) is 9.60. The van der Waals surface area contributed by atoms with Crippen molar-refractivity contribution in [2.24, 2.45) is 23.2 Å². The van der Waals surface area contributed by atoms with E-state index in [4.69, 9.17) is 0 Å². The molecule has 1 aromatic carbocycles. The van der Waals surface area contributed by atoms with Crippen molar-refractivity contribution in [1.29, 1.82) is 0 Å². The Labute approximate surface area is 233 Å². The van der Waals surface area contributed by atoms with Gasteiger partial charge in [0.25, 0.3) is 0 Å². The van der Waals surface area contributed by atoms with Gasteiger partial charge in [0, 0.05) is 57.7 Å². The zero-order valence-corrected chi connectivity index (χ0v) is 23.8. The quantitative estimate of drug-likeness (QED) is 0.477. The fraction of sp³-hybridized carbons (Fsp3) is 0.594. The third-order valence-electron chi connectivity index (χ3n) is 9.60. The molecule has 2 saturated carbocycles. The van der Waals surface area contributed by atoms with Gasteiger partial charge < -0.3 is 15.3 Å². The number of Topliss-reactive ketones (excluding diaryl/α,β-unsaturated/α-hetero) is 2. The molecule has 0 radical (unpaired) electrons. The van der Waals surface area contributed by atoms with E-state index in [9.17, 15) is 14.7 Å². The first-order valence-electron chi connectivity index (χ1n) is 14.8. The summed E-state index contributed by atoms with van der Waals surface area (Å²) in [5.74, 6) is 2.51. The van der Waals surface area contributed by atoms with E-state index in [0.717, 1.165) is 75.5 Å². The number of aromatic nitrogens is 1. The van der Waals surface area contributed by atoms with Crippen molar-refractivity contribution in [3.8, 4) is 5.75 Å². The van der Waals surface area contributed by atoms with Crippen LogP contribution in [-0.2, 0) is 16.0 Å². The van der Waals surface area contributed by atoms with E-state index in [-0.39, 0.29) is 28.9 Å². The summed E-state index contributed by atoms with van der Waals surface area (Å²) >= 11 is 0. The zero-order valence-electron chi connectivity index (χ0n) is 23.8. The van der Waals surface area contributed by atoms with Crippen molar-refractivity contribution in [1.82, 2.24) is 9.88 Å². The molecule has 0 bridgehead atoms. The number of benzene rings is 1. The Hall–Kier alpha value is -2.93. The molecule has 5 rings (SSSR count). The second kappa shape index (κ2) is 11.7. The monoisotopic (exact) mass is 532 g/mol. The van der Waals surface area contributed by atoms with Crippen molar-refractivity contribution in [2.75, 3.05) is 49.5 Å². The normalized spacial score (nSPS) is 27.4. The van der Waals surface area contributed by atoms with Gasteiger partial charge in [-0.1, -0.05) is 13.0 Å². The molecule has 3 fully saturated rings. The van der Waals surface area contributed by atoms with Crippen molar-refractivity contribution in [3.05, 3.63) is 47.7 Å². The molecule has 0 spiro atoms. The molecule has 0 amide bonds. The number of aryl methyl sites for hydroxylation is 2.